The van der Waals surface area contributed by atoms with Crippen molar-refractivity contribution in [3.63, 3.8) is 0 Å². The molecule has 0 bridgehead atoms. The molecule has 0 amide bonds. The summed E-state index contributed by atoms with van der Waals surface area (Å²) in [7, 11) is 0. The first-order valence-electron chi connectivity index (χ1n) is 9.57. The summed E-state index contributed by atoms with van der Waals surface area (Å²) in [5.41, 5.74) is -1.48. The lowest BCUT2D eigenvalue weighted by atomic mass is 10.1. The summed E-state index contributed by atoms with van der Waals surface area (Å²) in [6.07, 6.45) is -20.7. The van der Waals surface area contributed by atoms with Crippen LogP contribution in [0.1, 0.15) is 22.3 Å². The van der Waals surface area contributed by atoms with Gasteiger partial charge in [-0.25, -0.2) is 0 Å². The summed E-state index contributed by atoms with van der Waals surface area (Å²) in [6.45, 7) is 0. The molecule has 0 spiro atoms. The highest BCUT2D eigenvalue weighted by atomic mass is 19.4. The van der Waals surface area contributed by atoms with Gasteiger partial charge >= 0.3 is 24.7 Å². The van der Waals surface area contributed by atoms with E-state index in [0.29, 0.717) is 0 Å². The highest BCUT2D eigenvalue weighted by Gasteiger charge is 2.38. The van der Waals surface area contributed by atoms with Crippen LogP contribution < -0.4 is 15.2 Å². The number of hydrogen-bond donors (Lipinski definition) is 1. The van der Waals surface area contributed by atoms with Crippen molar-refractivity contribution in [2.75, 3.05) is 5.73 Å². The first-order valence-corrected chi connectivity index (χ1v) is 9.57. The van der Waals surface area contributed by atoms with Crippen molar-refractivity contribution >= 4 is 5.69 Å². The molecule has 37 heavy (non-hydrogen) atoms. The second-order valence-electron chi connectivity index (χ2n) is 7.43. The zero-order chi connectivity index (χ0) is 28.0. The van der Waals surface area contributed by atoms with E-state index in [1.807, 2.05) is 0 Å². The third kappa shape index (κ3) is 7.13. The molecule has 15 heteroatoms. The quantitative estimate of drug-likeness (QED) is 0.261. The van der Waals surface area contributed by atoms with E-state index < -0.39 is 70.0 Å². The molecule has 0 heterocycles. The van der Waals surface area contributed by atoms with Gasteiger partial charge < -0.3 is 15.2 Å². The molecule has 0 radical (unpaired) electrons. The highest BCUT2D eigenvalue weighted by molar-refractivity contribution is 5.53. The van der Waals surface area contributed by atoms with Crippen LogP contribution in [0.5, 0.6) is 23.0 Å². The molecule has 200 valence electrons. The van der Waals surface area contributed by atoms with Crippen molar-refractivity contribution in [2.45, 2.75) is 24.7 Å². The summed E-state index contributed by atoms with van der Waals surface area (Å²) in [5, 5.41) is 0. The first-order chi connectivity index (χ1) is 16.7. The number of benzene rings is 3. The van der Waals surface area contributed by atoms with E-state index in [4.69, 9.17) is 15.2 Å². The molecule has 0 saturated heterocycles. The van der Waals surface area contributed by atoms with Crippen LogP contribution in [0.2, 0.25) is 0 Å². The molecule has 0 fully saturated rings. The standard InChI is InChI=1S/C22H11F12NO2/c23-19(24,25)10-1-11(20(26,27)28)4-15(3-10)36-17-7-14(35)8-18(9-17)37-16-5-12(21(29,30)31)2-13(6-16)22(32,33)34/h1-9H,35H2. The molecule has 3 aromatic rings. The maximum Gasteiger partial charge on any atom is 0.416 e. The topological polar surface area (TPSA) is 44.5 Å². The molecule has 0 saturated carbocycles. The van der Waals surface area contributed by atoms with Gasteiger partial charge in [0.25, 0.3) is 0 Å². The van der Waals surface area contributed by atoms with Gasteiger partial charge in [0.15, 0.2) is 0 Å². The van der Waals surface area contributed by atoms with E-state index in [2.05, 4.69) is 0 Å². The molecule has 0 aliphatic rings. The van der Waals surface area contributed by atoms with E-state index in [-0.39, 0.29) is 42.1 Å². The Bertz CT molecular complexity index is 1130. The molecular formula is C22H11F12NO2. The van der Waals surface area contributed by atoms with Crippen LogP contribution in [0.25, 0.3) is 0 Å². The number of nitrogen functional groups attached to an aromatic ring is 1. The maximum absolute atomic E-state index is 13.1. The van der Waals surface area contributed by atoms with Gasteiger partial charge in [0.1, 0.15) is 23.0 Å². The lowest BCUT2D eigenvalue weighted by Crippen LogP contribution is -2.11. The predicted octanol–water partition coefficient (Wildman–Crippen LogP) is 8.93. The largest absolute Gasteiger partial charge is 0.457 e. The Morgan fingerprint density at radius 1 is 0.378 bits per heavy atom. The number of halogens is 12. The van der Waals surface area contributed by atoms with Crippen LogP contribution in [0, 0.1) is 0 Å². The van der Waals surface area contributed by atoms with Crippen LogP contribution in [0.15, 0.2) is 54.6 Å². The summed E-state index contributed by atoms with van der Waals surface area (Å²) in [6, 6.07) is 3.35. The lowest BCUT2D eigenvalue weighted by Gasteiger charge is -2.16. The van der Waals surface area contributed by atoms with Gasteiger partial charge in [-0.2, -0.15) is 52.7 Å². The Labute approximate surface area is 199 Å². The fourth-order valence-electron chi connectivity index (χ4n) is 2.95. The van der Waals surface area contributed by atoms with Crippen LogP contribution in [-0.4, -0.2) is 0 Å². The number of nitrogens with two attached hydrogens (primary N) is 1. The molecule has 3 aromatic carbocycles. The third-order valence-electron chi connectivity index (χ3n) is 4.50. The van der Waals surface area contributed by atoms with Crippen LogP contribution >= 0.6 is 0 Å². The Balaban J connectivity index is 2.01. The normalized spacial score (nSPS) is 13.0. The molecule has 0 unspecified atom stereocenters. The van der Waals surface area contributed by atoms with Crippen LogP contribution in [0.4, 0.5) is 58.4 Å². The van der Waals surface area contributed by atoms with Crippen molar-refractivity contribution in [2.24, 2.45) is 0 Å². The van der Waals surface area contributed by atoms with E-state index in [1.165, 1.54) is 0 Å². The van der Waals surface area contributed by atoms with Gasteiger partial charge in [0.2, 0.25) is 0 Å². The first kappa shape index (κ1) is 27.8. The Morgan fingerprint density at radius 3 is 0.865 bits per heavy atom. The number of ether oxygens (including phenoxy) is 2. The number of anilines is 1. The molecule has 0 aliphatic heterocycles. The Morgan fingerprint density at radius 2 is 0.622 bits per heavy atom. The average Bonchev–Trinajstić information content (AvgIpc) is 2.70. The minimum absolute atomic E-state index is 0.146. The summed E-state index contributed by atoms with van der Waals surface area (Å²) < 4.78 is 167. The van der Waals surface area contributed by atoms with Crippen molar-refractivity contribution < 1.29 is 62.2 Å². The number of rotatable bonds is 4. The van der Waals surface area contributed by atoms with Gasteiger partial charge in [-0.1, -0.05) is 0 Å². The fourth-order valence-corrected chi connectivity index (χ4v) is 2.95. The van der Waals surface area contributed by atoms with Crippen molar-refractivity contribution in [1.82, 2.24) is 0 Å². The van der Waals surface area contributed by atoms with Crippen LogP contribution in [-0.2, 0) is 24.7 Å². The zero-order valence-corrected chi connectivity index (χ0v) is 17.6. The molecule has 2 N–H and O–H groups in total. The predicted molar refractivity (Wildman–Crippen MR) is 104 cm³/mol. The molecule has 0 aromatic heterocycles. The molecule has 0 aliphatic carbocycles. The van der Waals surface area contributed by atoms with Gasteiger partial charge in [0, 0.05) is 23.9 Å². The second-order valence-corrected chi connectivity index (χ2v) is 7.43. The van der Waals surface area contributed by atoms with E-state index in [0.717, 1.165) is 18.2 Å². The number of alkyl halides is 12. The summed E-state index contributed by atoms with van der Waals surface area (Å²) >= 11 is 0. The molecule has 3 rings (SSSR count). The van der Waals surface area contributed by atoms with E-state index >= 15 is 0 Å². The Hall–Kier alpha value is -3.78. The summed E-state index contributed by atoms with van der Waals surface area (Å²) in [5.74, 6) is -2.91. The number of hydrogen-bond acceptors (Lipinski definition) is 3. The summed E-state index contributed by atoms with van der Waals surface area (Å²) in [4.78, 5) is 0. The minimum Gasteiger partial charge on any atom is -0.457 e. The fraction of sp³-hybridized carbons (Fsp3) is 0.182. The van der Waals surface area contributed by atoms with Crippen molar-refractivity contribution in [1.29, 1.82) is 0 Å². The molecule has 3 nitrogen and oxygen atoms in total. The molecular weight excluding hydrogens is 538 g/mol. The monoisotopic (exact) mass is 549 g/mol. The van der Waals surface area contributed by atoms with Crippen molar-refractivity contribution in [3.8, 4) is 23.0 Å². The Kier molecular flexibility index (Phi) is 6.96. The lowest BCUT2D eigenvalue weighted by molar-refractivity contribution is -0.144. The maximum atomic E-state index is 13.1. The third-order valence-corrected chi connectivity index (χ3v) is 4.50. The van der Waals surface area contributed by atoms with Gasteiger partial charge in [0.05, 0.1) is 22.3 Å². The van der Waals surface area contributed by atoms with Gasteiger partial charge in [-0.05, 0) is 36.4 Å². The van der Waals surface area contributed by atoms with Crippen LogP contribution in [0.3, 0.4) is 0 Å². The smallest absolute Gasteiger partial charge is 0.416 e. The highest BCUT2D eigenvalue weighted by Crippen LogP contribution is 2.42. The van der Waals surface area contributed by atoms with Gasteiger partial charge in [-0.3, -0.25) is 0 Å². The van der Waals surface area contributed by atoms with Crippen molar-refractivity contribution in [3.05, 3.63) is 76.9 Å². The minimum atomic E-state index is -5.18. The second kappa shape index (κ2) is 9.27. The average molecular weight is 549 g/mol. The molecule has 0 atom stereocenters. The van der Waals surface area contributed by atoms with Gasteiger partial charge in [-0.15, -0.1) is 0 Å². The SMILES string of the molecule is Nc1cc(Oc2cc(C(F)(F)F)cc(C(F)(F)F)c2)cc(Oc2cc(C(F)(F)F)cc(C(F)(F)F)c2)c1. The zero-order valence-electron chi connectivity index (χ0n) is 17.6. The van der Waals surface area contributed by atoms with E-state index in [1.54, 1.807) is 0 Å². The van der Waals surface area contributed by atoms with E-state index in [9.17, 15) is 52.7 Å².